The molecule has 2 aromatic rings. The molecule has 0 radical (unpaired) electrons. The molecule has 9 nitrogen and oxygen atoms in total. The number of carbonyl (C=O) groups excluding carboxylic acids is 1. The van der Waals surface area contributed by atoms with Crippen LogP contribution in [-0.4, -0.2) is 59.2 Å². The van der Waals surface area contributed by atoms with Gasteiger partial charge in [0.05, 0.1) is 6.61 Å². The summed E-state index contributed by atoms with van der Waals surface area (Å²) in [6, 6.07) is 6.52. The Balaban J connectivity index is 1.64. The number of benzene rings is 1. The maximum Gasteiger partial charge on any atom is 0.356 e. The third-order valence-electron chi connectivity index (χ3n) is 5.31. The van der Waals surface area contributed by atoms with E-state index in [1.54, 1.807) is 36.1 Å². The summed E-state index contributed by atoms with van der Waals surface area (Å²) in [7, 11) is 0. The van der Waals surface area contributed by atoms with Crippen molar-refractivity contribution in [1.82, 2.24) is 14.8 Å². The molecule has 1 aliphatic heterocycles. The van der Waals surface area contributed by atoms with Gasteiger partial charge in [0, 0.05) is 43.0 Å². The zero-order valence-corrected chi connectivity index (χ0v) is 19.7. The van der Waals surface area contributed by atoms with Crippen LogP contribution in [0.25, 0.3) is 0 Å². The Labute approximate surface area is 193 Å². The van der Waals surface area contributed by atoms with Gasteiger partial charge in [0.1, 0.15) is 24.5 Å². The molecule has 1 aromatic heterocycles. The van der Waals surface area contributed by atoms with E-state index < -0.39 is 5.97 Å². The molecule has 0 bridgehead atoms. The van der Waals surface area contributed by atoms with Crippen LogP contribution in [0.5, 0.6) is 0 Å². The predicted molar refractivity (Wildman–Crippen MR) is 127 cm³/mol. The number of allylic oxidation sites excluding steroid dienone is 1. The van der Waals surface area contributed by atoms with Crippen molar-refractivity contribution in [1.29, 1.82) is 0 Å². The Morgan fingerprint density at radius 3 is 2.42 bits per heavy atom. The molecule has 2 N–H and O–H groups in total. The maximum absolute atomic E-state index is 13.2. The third kappa shape index (κ3) is 6.53. The first-order valence-corrected chi connectivity index (χ1v) is 11.0. The van der Waals surface area contributed by atoms with Crippen LogP contribution in [0.3, 0.4) is 0 Å². The molecule has 1 aliphatic rings. The SMILES string of the molecule is CCOC(=O)C(C=C(N)C(C)(C)C)=NCn1cnc(N2CCN(c3ccc(F)cc3)CC2)n1. The first-order valence-electron chi connectivity index (χ1n) is 11.0. The number of hydrogen-bond acceptors (Lipinski definition) is 8. The van der Waals surface area contributed by atoms with Gasteiger partial charge in [-0.25, -0.2) is 18.9 Å². The molecule has 0 saturated carbocycles. The highest BCUT2D eigenvalue weighted by Crippen LogP contribution is 2.21. The number of aliphatic imine (C=N–C) groups is 1. The molecule has 10 heteroatoms. The van der Waals surface area contributed by atoms with Crippen molar-refractivity contribution in [2.75, 3.05) is 42.6 Å². The Kier molecular flexibility index (Phi) is 7.67. The monoisotopic (exact) mass is 457 g/mol. The molecule has 1 fully saturated rings. The van der Waals surface area contributed by atoms with Gasteiger partial charge in [0.2, 0.25) is 5.95 Å². The number of aromatic nitrogens is 3. The highest BCUT2D eigenvalue weighted by molar-refractivity contribution is 6.41. The molecule has 1 saturated heterocycles. The molecule has 1 aromatic carbocycles. The van der Waals surface area contributed by atoms with Gasteiger partial charge in [0.15, 0.2) is 0 Å². The van der Waals surface area contributed by atoms with E-state index in [0.29, 0.717) is 11.6 Å². The van der Waals surface area contributed by atoms with Crippen molar-refractivity contribution in [2.45, 2.75) is 34.4 Å². The molecule has 33 heavy (non-hydrogen) atoms. The molecule has 3 rings (SSSR count). The molecule has 2 heterocycles. The minimum absolute atomic E-state index is 0.116. The zero-order valence-electron chi connectivity index (χ0n) is 19.7. The van der Waals surface area contributed by atoms with Crippen LogP contribution in [0, 0.1) is 11.2 Å². The minimum atomic E-state index is -0.526. The Morgan fingerprint density at radius 1 is 1.18 bits per heavy atom. The van der Waals surface area contributed by atoms with Crippen LogP contribution < -0.4 is 15.5 Å². The number of carbonyl (C=O) groups is 1. The van der Waals surface area contributed by atoms with Gasteiger partial charge in [-0.15, -0.1) is 5.10 Å². The normalized spacial score (nSPS) is 15.7. The molecule has 178 valence electrons. The van der Waals surface area contributed by atoms with Crippen LogP contribution in [0.4, 0.5) is 16.0 Å². The van der Waals surface area contributed by atoms with E-state index in [0.717, 1.165) is 31.9 Å². The van der Waals surface area contributed by atoms with E-state index >= 15 is 0 Å². The topological polar surface area (TPSA) is 102 Å². The highest BCUT2D eigenvalue weighted by Gasteiger charge is 2.21. The molecule has 0 atom stereocenters. The second-order valence-corrected chi connectivity index (χ2v) is 8.79. The lowest BCUT2D eigenvalue weighted by Crippen LogP contribution is -2.47. The van der Waals surface area contributed by atoms with E-state index in [1.165, 1.54) is 12.1 Å². The summed E-state index contributed by atoms with van der Waals surface area (Å²) in [4.78, 5) is 25.4. The number of anilines is 2. The van der Waals surface area contributed by atoms with Crippen LogP contribution in [0.2, 0.25) is 0 Å². The average Bonchev–Trinajstić information content (AvgIpc) is 3.25. The summed E-state index contributed by atoms with van der Waals surface area (Å²) in [6.45, 7) is 11.0. The number of ether oxygens (including phenoxy) is 1. The lowest BCUT2D eigenvalue weighted by Gasteiger charge is -2.35. The van der Waals surface area contributed by atoms with Crippen molar-refractivity contribution in [3.8, 4) is 0 Å². The van der Waals surface area contributed by atoms with E-state index in [4.69, 9.17) is 10.5 Å². The fourth-order valence-corrected chi connectivity index (χ4v) is 3.20. The summed E-state index contributed by atoms with van der Waals surface area (Å²) in [6.07, 6.45) is 3.15. The van der Waals surface area contributed by atoms with Crippen molar-refractivity contribution in [3.05, 3.63) is 48.2 Å². The molecular formula is C23H32FN7O2. The highest BCUT2D eigenvalue weighted by atomic mass is 19.1. The number of halogens is 1. The van der Waals surface area contributed by atoms with Gasteiger partial charge in [-0.05, 0) is 37.3 Å². The first kappa shape index (κ1) is 24.2. The number of nitrogens with zero attached hydrogens (tertiary/aromatic N) is 6. The lowest BCUT2D eigenvalue weighted by molar-refractivity contribution is -0.134. The van der Waals surface area contributed by atoms with E-state index in [2.05, 4.69) is 24.9 Å². The average molecular weight is 458 g/mol. The van der Waals surface area contributed by atoms with Gasteiger partial charge in [-0.1, -0.05) is 20.8 Å². The quantitative estimate of drug-likeness (QED) is 0.504. The number of rotatable bonds is 7. The molecular weight excluding hydrogens is 425 g/mol. The summed E-state index contributed by atoms with van der Waals surface area (Å²) in [5.74, 6) is -0.161. The Morgan fingerprint density at radius 2 is 1.82 bits per heavy atom. The van der Waals surface area contributed by atoms with Crippen LogP contribution in [0.1, 0.15) is 27.7 Å². The van der Waals surface area contributed by atoms with E-state index in [1.807, 2.05) is 20.8 Å². The summed E-state index contributed by atoms with van der Waals surface area (Å²) in [5.41, 5.74) is 7.50. The zero-order chi connectivity index (χ0) is 24.0. The fourth-order valence-electron chi connectivity index (χ4n) is 3.20. The Bertz CT molecular complexity index is 1000. The number of piperazine rings is 1. The molecule has 0 amide bonds. The third-order valence-corrected chi connectivity index (χ3v) is 5.31. The van der Waals surface area contributed by atoms with Crippen LogP contribution >= 0.6 is 0 Å². The summed E-state index contributed by atoms with van der Waals surface area (Å²) in [5, 5.41) is 4.50. The van der Waals surface area contributed by atoms with Gasteiger partial charge < -0.3 is 20.3 Å². The Hall–Kier alpha value is -3.43. The largest absolute Gasteiger partial charge is 0.461 e. The maximum atomic E-state index is 13.2. The van der Waals surface area contributed by atoms with E-state index in [9.17, 15) is 9.18 Å². The lowest BCUT2D eigenvalue weighted by atomic mass is 9.91. The number of hydrogen-bond donors (Lipinski definition) is 1. The molecule has 0 unspecified atom stereocenters. The standard InChI is InChI=1S/C23H32FN7O2/c1-5-33-21(32)19(14-20(25)23(2,3)4)26-15-31-16-27-22(28-31)30-12-10-29(11-13-30)18-8-6-17(24)7-9-18/h6-9,14,16H,5,10-13,15,25H2,1-4H3. The minimum Gasteiger partial charge on any atom is -0.461 e. The van der Waals surface area contributed by atoms with Gasteiger partial charge >= 0.3 is 5.97 Å². The summed E-state index contributed by atoms with van der Waals surface area (Å²) >= 11 is 0. The second kappa shape index (κ2) is 10.5. The van der Waals surface area contributed by atoms with Crippen molar-refractivity contribution < 1.29 is 13.9 Å². The molecule has 0 aliphatic carbocycles. The van der Waals surface area contributed by atoms with Crippen molar-refractivity contribution in [2.24, 2.45) is 16.1 Å². The second-order valence-electron chi connectivity index (χ2n) is 8.79. The van der Waals surface area contributed by atoms with Gasteiger partial charge in [-0.3, -0.25) is 4.99 Å². The first-order chi connectivity index (χ1) is 15.7. The van der Waals surface area contributed by atoms with Gasteiger partial charge in [-0.2, -0.15) is 0 Å². The van der Waals surface area contributed by atoms with Gasteiger partial charge in [0.25, 0.3) is 0 Å². The molecule has 0 spiro atoms. The predicted octanol–water partition coefficient (Wildman–Crippen LogP) is 2.59. The van der Waals surface area contributed by atoms with Crippen molar-refractivity contribution in [3.63, 3.8) is 0 Å². The number of nitrogens with two attached hydrogens (primary N) is 1. The smallest absolute Gasteiger partial charge is 0.356 e. The van der Waals surface area contributed by atoms with Crippen molar-refractivity contribution >= 4 is 23.3 Å². The fraction of sp³-hybridized carbons (Fsp3) is 0.478. The van der Waals surface area contributed by atoms with Crippen LogP contribution in [0.15, 0.2) is 47.4 Å². The van der Waals surface area contributed by atoms with E-state index in [-0.39, 0.29) is 30.2 Å². The number of esters is 1. The van der Waals surface area contributed by atoms with Crippen LogP contribution in [-0.2, 0) is 16.2 Å². The summed E-state index contributed by atoms with van der Waals surface area (Å²) < 4.78 is 19.8.